The van der Waals surface area contributed by atoms with Gasteiger partial charge in [0.1, 0.15) is 0 Å². The number of nitrogens with zero attached hydrogens (tertiary/aromatic N) is 1. The zero-order chi connectivity index (χ0) is 20.4. The third-order valence-electron chi connectivity index (χ3n) is 5.32. The maximum atomic E-state index is 12.9. The highest BCUT2D eigenvalue weighted by Gasteiger charge is 2.32. The molecule has 0 bridgehead atoms. The van der Waals surface area contributed by atoms with Gasteiger partial charge in [-0.15, -0.1) is 0 Å². The molecule has 0 aromatic heterocycles. The SMILES string of the molecule is C[C@@H](NC(=O)CCCN1C(=O)c2cccc3cccc(c23)C1=O)c1ccccc1. The summed E-state index contributed by atoms with van der Waals surface area (Å²) >= 11 is 0. The third-order valence-corrected chi connectivity index (χ3v) is 5.32. The fourth-order valence-corrected chi connectivity index (χ4v) is 3.82. The van der Waals surface area contributed by atoms with E-state index in [1.807, 2.05) is 61.5 Å². The van der Waals surface area contributed by atoms with Gasteiger partial charge in [-0.05, 0) is 36.4 Å². The van der Waals surface area contributed by atoms with E-state index in [9.17, 15) is 14.4 Å². The average Bonchev–Trinajstić information content (AvgIpc) is 2.74. The molecule has 1 heterocycles. The summed E-state index contributed by atoms with van der Waals surface area (Å²) in [7, 11) is 0. The number of carbonyl (C=O) groups excluding carboxylic acids is 3. The number of rotatable bonds is 6. The first-order chi connectivity index (χ1) is 14.1. The van der Waals surface area contributed by atoms with E-state index in [0.717, 1.165) is 16.3 Å². The van der Waals surface area contributed by atoms with Crippen LogP contribution in [0, 0.1) is 0 Å². The molecule has 29 heavy (non-hydrogen) atoms. The van der Waals surface area contributed by atoms with Crippen molar-refractivity contribution in [2.45, 2.75) is 25.8 Å². The summed E-state index contributed by atoms with van der Waals surface area (Å²) in [4.78, 5) is 39.3. The van der Waals surface area contributed by atoms with E-state index >= 15 is 0 Å². The van der Waals surface area contributed by atoms with Crippen LogP contribution in [-0.2, 0) is 4.79 Å². The summed E-state index contributed by atoms with van der Waals surface area (Å²) in [6.45, 7) is 2.15. The summed E-state index contributed by atoms with van der Waals surface area (Å²) in [5, 5.41) is 4.56. The van der Waals surface area contributed by atoms with Gasteiger partial charge in [0.2, 0.25) is 5.91 Å². The summed E-state index contributed by atoms with van der Waals surface area (Å²) in [5.41, 5.74) is 2.12. The molecule has 0 aliphatic carbocycles. The third kappa shape index (κ3) is 3.63. The summed E-state index contributed by atoms with van der Waals surface area (Å²) in [5.74, 6) is -0.685. The van der Waals surface area contributed by atoms with Gasteiger partial charge in [-0.3, -0.25) is 19.3 Å². The fourth-order valence-electron chi connectivity index (χ4n) is 3.82. The van der Waals surface area contributed by atoms with Crippen LogP contribution in [-0.4, -0.2) is 29.2 Å². The molecule has 1 aliphatic heterocycles. The average molecular weight is 386 g/mol. The molecule has 1 aliphatic rings. The summed E-state index contributed by atoms with van der Waals surface area (Å²) in [6, 6.07) is 20.6. The first kappa shape index (κ1) is 18.9. The zero-order valence-corrected chi connectivity index (χ0v) is 16.2. The van der Waals surface area contributed by atoms with Crippen molar-refractivity contribution in [2.75, 3.05) is 6.54 Å². The zero-order valence-electron chi connectivity index (χ0n) is 16.2. The van der Waals surface area contributed by atoms with Crippen molar-refractivity contribution in [3.8, 4) is 0 Å². The highest BCUT2D eigenvalue weighted by molar-refractivity contribution is 6.25. The van der Waals surface area contributed by atoms with E-state index < -0.39 is 0 Å². The van der Waals surface area contributed by atoms with E-state index in [1.165, 1.54) is 4.90 Å². The van der Waals surface area contributed by atoms with Gasteiger partial charge >= 0.3 is 0 Å². The molecule has 0 radical (unpaired) electrons. The van der Waals surface area contributed by atoms with Crippen LogP contribution in [0.5, 0.6) is 0 Å². The van der Waals surface area contributed by atoms with Crippen molar-refractivity contribution in [1.29, 1.82) is 0 Å². The standard InChI is InChI=1S/C24H22N2O3/c1-16(17-8-3-2-4-9-17)25-21(27)14-7-15-26-23(28)19-12-5-10-18-11-6-13-20(22(18)19)24(26)29/h2-6,8-13,16H,7,14-15H2,1H3,(H,25,27)/t16-/m1/s1. The van der Waals surface area contributed by atoms with Crippen LogP contribution in [0.1, 0.15) is 52.1 Å². The molecule has 3 amide bonds. The Hall–Kier alpha value is -3.47. The van der Waals surface area contributed by atoms with E-state index in [2.05, 4.69) is 5.32 Å². The molecule has 5 heteroatoms. The van der Waals surface area contributed by atoms with Gasteiger partial charge in [-0.1, -0.05) is 54.6 Å². The van der Waals surface area contributed by atoms with Crippen molar-refractivity contribution < 1.29 is 14.4 Å². The first-order valence-electron chi connectivity index (χ1n) is 9.78. The molecule has 3 aromatic rings. The predicted octanol–water partition coefficient (Wildman–Crippen LogP) is 4.09. The van der Waals surface area contributed by atoms with Crippen LogP contribution >= 0.6 is 0 Å². The molecule has 1 atom stereocenters. The molecular formula is C24H22N2O3. The highest BCUT2D eigenvalue weighted by Crippen LogP contribution is 2.30. The van der Waals surface area contributed by atoms with Gasteiger partial charge in [0, 0.05) is 29.5 Å². The fraction of sp³-hybridized carbons (Fsp3) is 0.208. The molecule has 0 saturated heterocycles. The monoisotopic (exact) mass is 386 g/mol. The first-order valence-corrected chi connectivity index (χ1v) is 9.78. The van der Waals surface area contributed by atoms with Gasteiger partial charge in [-0.2, -0.15) is 0 Å². The molecule has 146 valence electrons. The van der Waals surface area contributed by atoms with Crippen LogP contribution in [0.25, 0.3) is 10.8 Å². The molecule has 4 rings (SSSR count). The summed E-state index contributed by atoms with van der Waals surface area (Å²) in [6.07, 6.45) is 0.670. The number of imide groups is 1. The number of carbonyl (C=O) groups is 3. The topological polar surface area (TPSA) is 66.5 Å². The van der Waals surface area contributed by atoms with Gasteiger partial charge in [0.25, 0.3) is 11.8 Å². The van der Waals surface area contributed by atoms with E-state index in [4.69, 9.17) is 0 Å². The lowest BCUT2D eigenvalue weighted by Gasteiger charge is -2.27. The minimum Gasteiger partial charge on any atom is -0.350 e. The quantitative estimate of drug-likeness (QED) is 0.649. The Balaban J connectivity index is 1.40. The summed E-state index contributed by atoms with van der Waals surface area (Å²) < 4.78 is 0. The minimum atomic E-state index is -0.294. The van der Waals surface area contributed by atoms with E-state index in [-0.39, 0.29) is 36.7 Å². The minimum absolute atomic E-state index is 0.0913. The lowest BCUT2D eigenvalue weighted by molar-refractivity contribution is -0.121. The lowest BCUT2D eigenvalue weighted by atomic mass is 9.94. The van der Waals surface area contributed by atoms with Crippen molar-refractivity contribution in [1.82, 2.24) is 10.2 Å². The number of hydrogen-bond acceptors (Lipinski definition) is 3. The molecule has 0 saturated carbocycles. The van der Waals surface area contributed by atoms with Crippen molar-refractivity contribution >= 4 is 28.5 Å². The normalized spacial score (nSPS) is 14.2. The van der Waals surface area contributed by atoms with Crippen LogP contribution in [0.2, 0.25) is 0 Å². The van der Waals surface area contributed by atoms with Crippen LogP contribution < -0.4 is 5.32 Å². The maximum absolute atomic E-state index is 12.9. The number of hydrogen-bond donors (Lipinski definition) is 1. The second kappa shape index (κ2) is 7.87. The van der Waals surface area contributed by atoms with Gasteiger partial charge in [0.15, 0.2) is 0 Å². The molecule has 0 fully saturated rings. The number of benzene rings is 3. The van der Waals surface area contributed by atoms with Crippen molar-refractivity contribution in [3.63, 3.8) is 0 Å². The molecule has 3 aromatic carbocycles. The molecular weight excluding hydrogens is 364 g/mol. The smallest absolute Gasteiger partial charge is 0.261 e. The maximum Gasteiger partial charge on any atom is 0.261 e. The Kier molecular flexibility index (Phi) is 5.12. The van der Waals surface area contributed by atoms with E-state index in [0.29, 0.717) is 17.5 Å². The molecule has 1 N–H and O–H groups in total. The van der Waals surface area contributed by atoms with E-state index in [1.54, 1.807) is 12.1 Å². The Morgan fingerprint density at radius 2 is 1.52 bits per heavy atom. The molecule has 0 spiro atoms. The highest BCUT2D eigenvalue weighted by atomic mass is 16.2. The lowest BCUT2D eigenvalue weighted by Crippen LogP contribution is -2.41. The Morgan fingerprint density at radius 1 is 0.897 bits per heavy atom. The Bertz CT molecular complexity index is 1040. The van der Waals surface area contributed by atoms with Crippen LogP contribution in [0.15, 0.2) is 66.7 Å². The van der Waals surface area contributed by atoms with Crippen molar-refractivity contribution in [3.05, 3.63) is 83.4 Å². The second-order valence-electron chi connectivity index (χ2n) is 7.27. The Morgan fingerprint density at radius 3 is 2.14 bits per heavy atom. The molecule has 5 nitrogen and oxygen atoms in total. The van der Waals surface area contributed by atoms with Gasteiger partial charge in [0.05, 0.1) is 6.04 Å². The van der Waals surface area contributed by atoms with Crippen LogP contribution in [0.4, 0.5) is 0 Å². The Labute approximate surface area is 169 Å². The largest absolute Gasteiger partial charge is 0.350 e. The number of amides is 3. The van der Waals surface area contributed by atoms with Crippen molar-refractivity contribution in [2.24, 2.45) is 0 Å². The molecule has 0 unspecified atom stereocenters. The second-order valence-corrected chi connectivity index (χ2v) is 7.27. The van der Waals surface area contributed by atoms with Gasteiger partial charge in [-0.25, -0.2) is 0 Å². The van der Waals surface area contributed by atoms with Gasteiger partial charge < -0.3 is 5.32 Å². The predicted molar refractivity (Wildman–Crippen MR) is 112 cm³/mol. The number of nitrogens with one attached hydrogen (secondary N) is 1. The van der Waals surface area contributed by atoms with Crippen LogP contribution in [0.3, 0.4) is 0 Å².